The van der Waals surface area contributed by atoms with Crippen molar-refractivity contribution in [3.8, 4) is 11.5 Å². The lowest BCUT2D eigenvalue weighted by atomic mass is 10.0. The summed E-state index contributed by atoms with van der Waals surface area (Å²) in [4.78, 5) is 37.6. The molecule has 0 atom stereocenters. The standard InChI is InChI=1S/C33H57N3O6/c1-4-5-6-7-8-9-10-11-12-13-14-15-16-17-18-19-24-36(2)31(37)27-34-33(39)35-28-32(38)42-26-25-41-30-22-20-29(40-3)21-23-30/h20-23H,4-19,24-28H2,1-3H3,(H2,34,35,39). The minimum atomic E-state index is -0.592. The first-order valence-electron chi connectivity index (χ1n) is 16.1. The largest absolute Gasteiger partial charge is 0.497 e. The van der Waals surface area contributed by atoms with Crippen LogP contribution in [0.5, 0.6) is 11.5 Å². The first-order chi connectivity index (χ1) is 20.5. The van der Waals surface area contributed by atoms with Crippen molar-refractivity contribution < 1.29 is 28.6 Å². The average molecular weight is 592 g/mol. The van der Waals surface area contributed by atoms with Crippen LogP contribution in [0.4, 0.5) is 4.79 Å². The number of likely N-dealkylation sites (N-methyl/N-ethyl adjacent to an activating group) is 1. The molecule has 0 bridgehead atoms. The second kappa shape index (κ2) is 25.7. The number of nitrogens with zero attached hydrogens (tertiary/aromatic N) is 1. The fourth-order valence-corrected chi connectivity index (χ4v) is 4.57. The number of esters is 1. The number of benzene rings is 1. The van der Waals surface area contributed by atoms with Crippen LogP contribution < -0.4 is 20.1 Å². The number of ether oxygens (including phenoxy) is 3. The Morgan fingerprint density at radius 1 is 0.667 bits per heavy atom. The number of unbranched alkanes of at least 4 members (excludes halogenated alkanes) is 15. The second-order valence-electron chi connectivity index (χ2n) is 10.9. The fraction of sp³-hybridized carbons (Fsp3) is 0.727. The molecule has 0 aromatic heterocycles. The maximum Gasteiger partial charge on any atom is 0.325 e. The molecule has 1 aromatic carbocycles. The van der Waals surface area contributed by atoms with E-state index in [0.717, 1.165) is 18.6 Å². The molecule has 2 N–H and O–H groups in total. The average Bonchev–Trinajstić information content (AvgIpc) is 3.00. The van der Waals surface area contributed by atoms with Gasteiger partial charge in [0, 0.05) is 13.6 Å². The van der Waals surface area contributed by atoms with Crippen molar-refractivity contribution in [3.63, 3.8) is 0 Å². The fourth-order valence-electron chi connectivity index (χ4n) is 4.57. The molecule has 240 valence electrons. The molecule has 9 nitrogen and oxygen atoms in total. The van der Waals surface area contributed by atoms with Gasteiger partial charge in [-0.1, -0.05) is 103 Å². The van der Waals surface area contributed by atoms with Crippen molar-refractivity contribution in [3.05, 3.63) is 24.3 Å². The van der Waals surface area contributed by atoms with Crippen LogP contribution in [0.1, 0.15) is 110 Å². The van der Waals surface area contributed by atoms with E-state index in [2.05, 4.69) is 17.6 Å². The highest BCUT2D eigenvalue weighted by Crippen LogP contribution is 2.17. The van der Waals surface area contributed by atoms with Crippen molar-refractivity contribution in [2.45, 2.75) is 110 Å². The number of nitrogens with one attached hydrogen (secondary N) is 2. The van der Waals surface area contributed by atoms with Crippen LogP contribution in [0, 0.1) is 0 Å². The third kappa shape index (κ3) is 20.8. The maximum absolute atomic E-state index is 12.3. The van der Waals surface area contributed by atoms with Crippen LogP contribution in [0.2, 0.25) is 0 Å². The van der Waals surface area contributed by atoms with Gasteiger partial charge < -0.3 is 29.7 Å². The van der Waals surface area contributed by atoms with E-state index >= 15 is 0 Å². The van der Waals surface area contributed by atoms with Crippen molar-refractivity contribution in [2.75, 3.05) is 47.0 Å². The molecular formula is C33H57N3O6. The van der Waals surface area contributed by atoms with Gasteiger partial charge in [0.1, 0.15) is 31.3 Å². The molecule has 0 spiro atoms. The molecule has 9 heteroatoms. The van der Waals surface area contributed by atoms with Gasteiger partial charge >= 0.3 is 12.0 Å². The molecule has 3 amide bonds. The Morgan fingerprint density at radius 3 is 1.67 bits per heavy atom. The summed E-state index contributed by atoms with van der Waals surface area (Å²) >= 11 is 0. The van der Waals surface area contributed by atoms with Gasteiger partial charge in [-0.3, -0.25) is 9.59 Å². The molecule has 0 saturated carbocycles. The van der Waals surface area contributed by atoms with E-state index in [-0.39, 0.29) is 32.2 Å². The molecule has 0 aliphatic carbocycles. The van der Waals surface area contributed by atoms with Crippen LogP contribution in [-0.2, 0) is 14.3 Å². The minimum Gasteiger partial charge on any atom is -0.497 e. The summed E-state index contributed by atoms with van der Waals surface area (Å²) in [6.07, 6.45) is 21.0. The van der Waals surface area contributed by atoms with E-state index in [1.54, 1.807) is 43.3 Å². The number of methoxy groups -OCH3 is 1. The number of carbonyl (C=O) groups excluding carboxylic acids is 3. The van der Waals surface area contributed by atoms with E-state index in [0.29, 0.717) is 12.3 Å². The first-order valence-corrected chi connectivity index (χ1v) is 16.1. The lowest BCUT2D eigenvalue weighted by Crippen LogP contribution is -2.44. The Kier molecular flexibility index (Phi) is 22.7. The zero-order valence-electron chi connectivity index (χ0n) is 26.6. The normalized spacial score (nSPS) is 10.6. The Hall–Kier alpha value is -2.97. The predicted molar refractivity (Wildman–Crippen MR) is 168 cm³/mol. The lowest BCUT2D eigenvalue weighted by Gasteiger charge is -2.17. The summed E-state index contributed by atoms with van der Waals surface area (Å²) < 4.78 is 15.6. The van der Waals surface area contributed by atoms with Gasteiger partial charge in [0.15, 0.2) is 0 Å². The monoisotopic (exact) mass is 591 g/mol. The van der Waals surface area contributed by atoms with E-state index in [1.165, 1.54) is 89.9 Å². The van der Waals surface area contributed by atoms with Gasteiger partial charge in [0.05, 0.1) is 13.7 Å². The number of rotatable bonds is 26. The van der Waals surface area contributed by atoms with Crippen molar-refractivity contribution in [2.24, 2.45) is 0 Å². The molecule has 1 aromatic rings. The predicted octanol–water partition coefficient (Wildman–Crippen LogP) is 6.64. The SMILES string of the molecule is CCCCCCCCCCCCCCCCCCN(C)C(=O)CNC(=O)NCC(=O)OCCOc1ccc(OC)cc1. The number of urea groups is 1. The van der Waals surface area contributed by atoms with Crippen LogP contribution in [0.25, 0.3) is 0 Å². The van der Waals surface area contributed by atoms with Gasteiger partial charge in [-0.05, 0) is 30.7 Å². The Bertz CT molecular complexity index is 834. The smallest absolute Gasteiger partial charge is 0.325 e. The van der Waals surface area contributed by atoms with Crippen molar-refractivity contribution in [1.29, 1.82) is 0 Å². The van der Waals surface area contributed by atoms with Gasteiger partial charge in [-0.15, -0.1) is 0 Å². The van der Waals surface area contributed by atoms with Gasteiger partial charge in [0.25, 0.3) is 0 Å². The Balaban J connectivity index is 1.92. The minimum absolute atomic E-state index is 0.0524. The number of amides is 3. The van der Waals surface area contributed by atoms with Crippen LogP contribution >= 0.6 is 0 Å². The topological polar surface area (TPSA) is 106 Å². The molecule has 0 radical (unpaired) electrons. The highest BCUT2D eigenvalue weighted by molar-refractivity contribution is 5.85. The highest BCUT2D eigenvalue weighted by Gasteiger charge is 2.11. The summed E-state index contributed by atoms with van der Waals surface area (Å²) in [7, 11) is 3.33. The molecule has 0 heterocycles. The van der Waals surface area contributed by atoms with Crippen LogP contribution in [-0.4, -0.2) is 69.8 Å². The number of carbonyl (C=O) groups is 3. The summed E-state index contributed by atoms with van der Waals surface area (Å²) in [5.74, 6) is 0.607. The van der Waals surface area contributed by atoms with Crippen molar-refractivity contribution >= 4 is 17.9 Å². The zero-order chi connectivity index (χ0) is 30.7. The van der Waals surface area contributed by atoms with Gasteiger partial charge in [-0.2, -0.15) is 0 Å². The van der Waals surface area contributed by atoms with Gasteiger partial charge in [0.2, 0.25) is 5.91 Å². The molecule has 0 unspecified atom stereocenters. The van der Waals surface area contributed by atoms with E-state index in [9.17, 15) is 14.4 Å². The first kappa shape index (κ1) is 37.1. The van der Waals surface area contributed by atoms with Crippen LogP contribution in [0.15, 0.2) is 24.3 Å². The summed E-state index contributed by atoms with van der Waals surface area (Å²) in [6.45, 7) is 2.76. The maximum atomic E-state index is 12.3. The zero-order valence-corrected chi connectivity index (χ0v) is 26.6. The molecule has 0 aliphatic heterocycles. The van der Waals surface area contributed by atoms with Crippen molar-refractivity contribution in [1.82, 2.24) is 15.5 Å². The summed E-state index contributed by atoms with van der Waals surface area (Å²) in [5, 5.41) is 4.89. The lowest BCUT2D eigenvalue weighted by molar-refractivity contribution is -0.143. The molecule has 0 fully saturated rings. The van der Waals surface area contributed by atoms with Gasteiger partial charge in [-0.25, -0.2) is 4.79 Å². The van der Waals surface area contributed by atoms with E-state index in [4.69, 9.17) is 14.2 Å². The second-order valence-corrected chi connectivity index (χ2v) is 10.9. The Morgan fingerprint density at radius 2 is 1.14 bits per heavy atom. The quantitative estimate of drug-likeness (QED) is 0.0925. The molecular weight excluding hydrogens is 534 g/mol. The molecule has 0 saturated heterocycles. The molecule has 0 aliphatic rings. The van der Waals surface area contributed by atoms with E-state index < -0.39 is 12.0 Å². The third-order valence-corrected chi connectivity index (χ3v) is 7.24. The summed E-state index contributed by atoms with van der Waals surface area (Å²) in [5.41, 5.74) is 0. The molecule has 1 rings (SSSR count). The highest BCUT2D eigenvalue weighted by atomic mass is 16.6. The number of hydrogen-bond donors (Lipinski definition) is 2. The van der Waals surface area contributed by atoms with E-state index in [1.807, 2.05) is 0 Å². The molecule has 42 heavy (non-hydrogen) atoms. The Labute approximate surface area is 254 Å². The third-order valence-electron chi connectivity index (χ3n) is 7.24. The van der Waals surface area contributed by atoms with Crippen LogP contribution in [0.3, 0.4) is 0 Å². The number of hydrogen-bond acceptors (Lipinski definition) is 6. The summed E-state index contributed by atoms with van der Waals surface area (Å²) in [6, 6.07) is 6.46.